The van der Waals surface area contributed by atoms with Gasteiger partial charge in [-0.2, -0.15) is 0 Å². The molecule has 0 saturated carbocycles. The van der Waals surface area contributed by atoms with E-state index in [1.165, 1.54) is 23.9 Å². The fraction of sp³-hybridized carbons (Fsp3) is 0.833. The van der Waals surface area contributed by atoms with Crippen LogP contribution in [0, 0.1) is 0 Å². The fourth-order valence-corrected chi connectivity index (χ4v) is 4.82. The zero-order chi connectivity index (χ0) is 11.3. The van der Waals surface area contributed by atoms with Gasteiger partial charge in [0.2, 0.25) is 8.32 Å². The van der Waals surface area contributed by atoms with Crippen molar-refractivity contribution in [1.82, 2.24) is 5.32 Å². The van der Waals surface area contributed by atoms with Crippen LogP contribution in [-0.2, 0) is 4.43 Å². The lowest BCUT2D eigenvalue weighted by Gasteiger charge is -2.33. The maximum atomic E-state index is 6.36. The number of hydrogen-bond acceptors (Lipinski definition) is 2. The Hall–Kier alpha value is -0.283. The first-order chi connectivity index (χ1) is 7.15. The van der Waals surface area contributed by atoms with Gasteiger partial charge in [0.15, 0.2) is 0 Å². The van der Waals surface area contributed by atoms with Crippen LogP contribution in [0.25, 0.3) is 0 Å². The van der Waals surface area contributed by atoms with E-state index in [-0.39, 0.29) is 0 Å². The van der Waals surface area contributed by atoms with E-state index in [0.717, 1.165) is 13.0 Å². The molecule has 0 aromatic carbocycles. The molecule has 0 aromatic rings. The molecule has 1 rings (SSSR count). The van der Waals surface area contributed by atoms with Crippen LogP contribution in [0.15, 0.2) is 11.8 Å². The molecule has 1 unspecified atom stereocenters. The summed E-state index contributed by atoms with van der Waals surface area (Å²) >= 11 is 0. The summed E-state index contributed by atoms with van der Waals surface area (Å²) in [4.78, 5) is 0. The van der Waals surface area contributed by atoms with Crippen molar-refractivity contribution >= 4 is 8.32 Å². The molecule has 2 nitrogen and oxygen atoms in total. The highest BCUT2D eigenvalue weighted by Gasteiger charge is 2.31. The van der Waals surface area contributed by atoms with E-state index in [1.54, 1.807) is 0 Å². The van der Waals surface area contributed by atoms with Gasteiger partial charge in [-0.25, -0.2) is 0 Å². The van der Waals surface area contributed by atoms with Crippen LogP contribution in [0.1, 0.15) is 34.1 Å². The molecule has 0 saturated heterocycles. The Morgan fingerprint density at radius 1 is 1.33 bits per heavy atom. The topological polar surface area (TPSA) is 21.3 Å². The Morgan fingerprint density at radius 2 is 1.93 bits per heavy atom. The molecular weight excluding hydrogens is 202 g/mol. The minimum absolute atomic E-state index is 0.572. The maximum Gasteiger partial charge on any atom is 0.250 e. The normalized spacial score (nSPS) is 22.4. The first-order valence-corrected chi connectivity index (χ1v) is 8.80. The van der Waals surface area contributed by atoms with Crippen LogP contribution in [0.3, 0.4) is 0 Å². The second-order valence-electron chi connectivity index (χ2n) is 4.53. The molecule has 88 valence electrons. The summed E-state index contributed by atoms with van der Waals surface area (Å²) in [6.07, 6.45) is 3.29. The van der Waals surface area contributed by atoms with Gasteiger partial charge >= 0.3 is 0 Å². The SMILES string of the molecule is CC[Si](CC)(CC)OC1=CCNC(C)C1. The van der Waals surface area contributed by atoms with Crippen LogP contribution >= 0.6 is 0 Å². The molecular formula is C12H25NOSi. The van der Waals surface area contributed by atoms with Crippen molar-refractivity contribution in [1.29, 1.82) is 0 Å². The Balaban J connectivity index is 2.61. The third kappa shape index (κ3) is 3.35. The van der Waals surface area contributed by atoms with E-state index in [0.29, 0.717) is 6.04 Å². The molecule has 0 aliphatic carbocycles. The second-order valence-corrected chi connectivity index (χ2v) is 9.22. The van der Waals surface area contributed by atoms with Crippen LogP contribution in [0.5, 0.6) is 0 Å². The van der Waals surface area contributed by atoms with Gasteiger partial charge in [0.1, 0.15) is 0 Å². The van der Waals surface area contributed by atoms with Crippen molar-refractivity contribution in [3.05, 3.63) is 11.8 Å². The summed E-state index contributed by atoms with van der Waals surface area (Å²) in [6.45, 7) is 10.0. The summed E-state index contributed by atoms with van der Waals surface area (Å²) in [5, 5.41) is 3.41. The highest BCUT2D eigenvalue weighted by atomic mass is 28.4. The van der Waals surface area contributed by atoms with E-state index in [9.17, 15) is 0 Å². The highest BCUT2D eigenvalue weighted by Crippen LogP contribution is 2.27. The standard InChI is InChI=1S/C12H25NOSi/c1-5-15(6-2,7-3)14-12-8-9-13-11(4)10-12/h8,11,13H,5-7,9-10H2,1-4H3. The summed E-state index contributed by atoms with van der Waals surface area (Å²) in [5.41, 5.74) is 0. The molecule has 3 heteroatoms. The van der Waals surface area contributed by atoms with Crippen molar-refractivity contribution in [2.45, 2.75) is 58.3 Å². The van der Waals surface area contributed by atoms with E-state index >= 15 is 0 Å². The molecule has 1 aliphatic heterocycles. The van der Waals surface area contributed by atoms with Crippen molar-refractivity contribution in [2.24, 2.45) is 0 Å². The third-order valence-electron chi connectivity index (χ3n) is 3.58. The van der Waals surface area contributed by atoms with Crippen molar-refractivity contribution in [3.8, 4) is 0 Å². The first kappa shape index (κ1) is 12.8. The summed E-state index contributed by atoms with van der Waals surface area (Å²) < 4.78 is 6.36. The Kier molecular flexibility index (Phi) is 4.86. The van der Waals surface area contributed by atoms with Crippen LogP contribution in [-0.4, -0.2) is 20.9 Å². The van der Waals surface area contributed by atoms with Gasteiger partial charge in [0.05, 0.1) is 5.76 Å². The molecule has 15 heavy (non-hydrogen) atoms. The first-order valence-electron chi connectivity index (χ1n) is 6.27. The van der Waals surface area contributed by atoms with Gasteiger partial charge in [-0.3, -0.25) is 0 Å². The minimum atomic E-state index is -1.43. The van der Waals surface area contributed by atoms with Gasteiger partial charge < -0.3 is 9.74 Å². The zero-order valence-electron chi connectivity index (χ0n) is 10.6. The monoisotopic (exact) mass is 227 g/mol. The van der Waals surface area contributed by atoms with Gasteiger partial charge in [-0.15, -0.1) is 0 Å². The van der Waals surface area contributed by atoms with Gasteiger partial charge in [0.25, 0.3) is 0 Å². The lowest BCUT2D eigenvalue weighted by Crippen LogP contribution is -2.38. The molecule has 1 N–H and O–H groups in total. The maximum absolute atomic E-state index is 6.36. The molecule has 0 aromatic heterocycles. The average molecular weight is 227 g/mol. The van der Waals surface area contributed by atoms with Crippen molar-refractivity contribution in [3.63, 3.8) is 0 Å². The Morgan fingerprint density at radius 3 is 2.40 bits per heavy atom. The summed E-state index contributed by atoms with van der Waals surface area (Å²) in [5.74, 6) is 1.25. The number of hydrogen-bond donors (Lipinski definition) is 1. The average Bonchev–Trinajstić information content (AvgIpc) is 2.26. The molecule has 1 aliphatic rings. The Labute approximate surface area is 95.2 Å². The zero-order valence-corrected chi connectivity index (χ0v) is 11.6. The summed E-state index contributed by atoms with van der Waals surface area (Å²) in [7, 11) is -1.43. The lowest BCUT2D eigenvalue weighted by molar-refractivity contribution is 0.348. The second kappa shape index (κ2) is 5.71. The highest BCUT2D eigenvalue weighted by molar-refractivity contribution is 6.73. The molecule has 0 fully saturated rings. The van der Waals surface area contributed by atoms with E-state index in [1.807, 2.05) is 0 Å². The van der Waals surface area contributed by atoms with Gasteiger partial charge in [-0.1, -0.05) is 20.8 Å². The smallest absolute Gasteiger partial charge is 0.250 e. The number of rotatable bonds is 5. The van der Waals surface area contributed by atoms with Crippen LogP contribution in [0.4, 0.5) is 0 Å². The molecule has 1 heterocycles. The fourth-order valence-electron chi connectivity index (χ4n) is 2.16. The lowest BCUT2D eigenvalue weighted by atomic mass is 10.1. The van der Waals surface area contributed by atoms with Crippen molar-refractivity contribution in [2.75, 3.05) is 6.54 Å². The molecule has 0 radical (unpaired) electrons. The van der Waals surface area contributed by atoms with Gasteiger partial charge in [0, 0.05) is 19.0 Å². The van der Waals surface area contributed by atoms with Gasteiger partial charge in [-0.05, 0) is 31.1 Å². The summed E-state index contributed by atoms with van der Waals surface area (Å²) in [6, 6.07) is 4.28. The predicted octanol–water partition coefficient (Wildman–Crippen LogP) is 3.27. The van der Waals surface area contributed by atoms with Crippen LogP contribution < -0.4 is 5.32 Å². The third-order valence-corrected chi connectivity index (χ3v) is 8.15. The Bertz CT molecular complexity index is 215. The largest absolute Gasteiger partial charge is 0.547 e. The van der Waals surface area contributed by atoms with E-state index in [2.05, 4.69) is 39.1 Å². The molecule has 1 atom stereocenters. The van der Waals surface area contributed by atoms with Crippen molar-refractivity contribution < 1.29 is 4.43 Å². The van der Waals surface area contributed by atoms with E-state index < -0.39 is 8.32 Å². The van der Waals surface area contributed by atoms with Crippen LogP contribution in [0.2, 0.25) is 18.1 Å². The number of nitrogens with one attached hydrogen (secondary N) is 1. The molecule has 0 spiro atoms. The minimum Gasteiger partial charge on any atom is -0.547 e. The van der Waals surface area contributed by atoms with E-state index in [4.69, 9.17) is 4.43 Å². The predicted molar refractivity (Wildman–Crippen MR) is 68.4 cm³/mol. The molecule has 0 amide bonds. The quantitative estimate of drug-likeness (QED) is 0.728. The molecule has 0 bridgehead atoms.